The van der Waals surface area contributed by atoms with Gasteiger partial charge in [-0.1, -0.05) is 42.1 Å². The number of anilines is 1. The molecule has 1 saturated heterocycles. The molecule has 2 aromatic carbocycles. The number of halogens is 1. The third-order valence-electron chi connectivity index (χ3n) is 4.72. The summed E-state index contributed by atoms with van der Waals surface area (Å²) in [7, 11) is 0. The number of amides is 3. The van der Waals surface area contributed by atoms with Gasteiger partial charge in [-0.05, 0) is 42.3 Å². The van der Waals surface area contributed by atoms with E-state index in [2.05, 4.69) is 4.99 Å². The van der Waals surface area contributed by atoms with E-state index in [1.807, 2.05) is 30.3 Å². The molecule has 6 nitrogen and oxygen atoms in total. The number of thioether (sulfide) groups is 1. The highest BCUT2D eigenvalue weighted by Crippen LogP contribution is 2.30. The highest BCUT2D eigenvalue weighted by atomic mass is 32.2. The predicted octanol–water partition coefficient (Wildman–Crippen LogP) is 3.45. The van der Waals surface area contributed by atoms with Crippen LogP contribution in [0.25, 0.3) is 6.08 Å². The zero-order chi connectivity index (χ0) is 21.1. The Labute approximate surface area is 177 Å². The fourth-order valence-corrected chi connectivity index (χ4v) is 4.12. The van der Waals surface area contributed by atoms with Gasteiger partial charge in [0, 0.05) is 13.0 Å². The summed E-state index contributed by atoms with van der Waals surface area (Å²) < 4.78 is 13.4. The van der Waals surface area contributed by atoms with E-state index in [9.17, 15) is 18.8 Å². The average molecular weight is 423 g/mol. The second kappa shape index (κ2) is 8.62. The lowest BCUT2D eigenvalue weighted by Gasteiger charge is -2.18. The summed E-state index contributed by atoms with van der Waals surface area (Å²) in [5.74, 6) is -1.28. The molecule has 1 fully saturated rings. The summed E-state index contributed by atoms with van der Waals surface area (Å²) in [6.45, 7) is 0.421. The molecule has 30 heavy (non-hydrogen) atoms. The zero-order valence-electron chi connectivity index (χ0n) is 16.0. The first kappa shape index (κ1) is 20.0. The van der Waals surface area contributed by atoms with Gasteiger partial charge in [0.05, 0.1) is 11.4 Å². The van der Waals surface area contributed by atoms with Gasteiger partial charge >= 0.3 is 0 Å². The van der Waals surface area contributed by atoms with Crippen LogP contribution in [0.15, 0.2) is 65.3 Å². The molecule has 2 aliphatic heterocycles. The first-order valence-electron chi connectivity index (χ1n) is 9.44. The Kier molecular flexibility index (Phi) is 5.76. The standard InChI is InChI=1S/C22H18FN3O3S/c23-16-8-10-17(11-9-16)26-21(29)18(13-15-5-2-1-3-6-15)24-22(26)30-14-20(28)25-12-4-7-19(25)27/h1-3,5-6,8-11,13H,4,7,12,14H2/b18-13-. The molecule has 0 radical (unpaired) electrons. The van der Waals surface area contributed by atoms with Crippen molar-refractivity contribution in [1.82, 2.24) is 4.90 Å². The monoisotopic (exact) mass is 423 g/mol. The fraction of sp³-hybridized carbons (Fsp3) is 0.182. The van der Waals surface area contributed by atoms with E-state index in [0.29, 0.717) is 30.2 Å². The Morgan fingerprint density at radius 3 is 2.50 bits per heavy atom. The van der Waals surface area contributed by atoms with Crippen LogP contribution in [0.5, 0.6) is 0 Å². The Balaban J connectivity index is 1.60. The Bertz CT molecular complexity index is 1050. The third-order valence-corrected chi connectivity index (χ3v) is 5.64. The number of amidine groups is 1. The first-order chi connectivity index (χ1) is 14.5. The minimum Gasteiger partial charge on any atom is -0.282 e. The topological polar surface area (TPSA) is 70.0 Å². The van der Waals surface area contributed by atoms with Gasteiger partial charge < -0.3 is 0 Å². The molecule has 2 aromatic rings. The molecule has 0 unspecified atom stereocenters. The molecule has 0 saturated carbocycles. The molecule has 4 rings (SSSR count). The number of imide groups is 1. The van der Waals surface area contributed by atoms with E-state index < -0.39 is 5.82 Å². The van der Waals surface area contributed by atoms with Gasteiger partial charge in [0.15, 0.2) is 5.17 Å². The van der Waals surface area contributed by atoms with Crippen molar-refractivity contribution in [3.8, 4) is 0 Å². The van der Waals surface area contributed by atoms with Crippen molar-refractivity contribution in [2.24, 2.45) is 4.99 Å². The molecule has 3 amide bonds. The van der Waals surface area contributed by atoms with Crippen LogP contribution in [-0.2, 0) is 14.4 Å². The SMILES string of the molecule is O=C1CCCN1C(=O)CSC1=N/C(=C\c2ccccc2)C(=O)N1c1ccc(F)cc1. The van der Waals surface area contributed by atoms with Crippen LogP contribution in [0.3, 0.4) is 0 Å². The van der Waals surface area contributed by atoms with E-state index >= 15 is 0 Å². The molecular formula is C22H18FN3O3S. The molecule has 2 heterocycles. The molecule has 0 aromatic heterocycles. The molecule has 152 valence electrons. The second-order valence-electron chi connectivity index (χ2n) is 6.78. The summed E-state index contributed by atoms with van der Waals surface area (Å²) >= 11 is 1.08. The third kappa shape index (κ3) is 4.18. The van der Waals surface area contributed by atoms with Crippen LogP contribution in [0, 0.1) is 5.82 Å². The molecule has 2 aliphatic rings. The fourth-order valence-electron chi connectivity index (χ4n) is 3.23. The number of hydrogen-bond donors (Lipinski definition) is 0. The van der Waals surface area contributed by atoms with Gasteiger partial charge in [-0.3, -0.25) is 24.2 Å². The number of likely N-dealkylation sites (tertiary alicyclic amines) is 1. The maximum absolute atomic E-state index is 13.4. The highest BCUT2D eigenvalue weighted by molar-refractivity contribution is 8.14. The number of hydrogen-bond acceptors (Lipinski definition) is 5. The predicted molar refractivity (Wildman–Crippen MR) is 114 cm³/mol. The minimum atomic E-state index is -0.417. The molecule has 0 aliphatic carbocycles. The normalized spacial score (nSPS) is 17.8. The molecule has 0 bridgehead atoms. The van der Waals surface area contributed by atoms with Crippen LogP contribution < -0.4 is 4.90 Å². The van der Waals surface area contributed by atoms with Crippen LogP contribution in [0.1, 0.15) is 18.4 Å². The minimum absolute atomic E-state index is 0.0197. The van der Waals surface area contributed by atoms with Gasteiger partial charge in [0.25, 0.3) is 5.91 Å². The van der Waals surface area contributed by atoms with Crippen LogP contribution >= 0.6 is 11.8 Å². The van der Waals surface area contributed by atoms with Crippen molar-refractivity contribution in [2.45, 2.75) is 12.8 Å². The van der Waals surface area contributed by atoms with Gasteiger partial charge in [-0.25, -0.2) is 9.38 Å². The van der Waals surface area contributed by atoms with Crippen LogP contribution in [0.2, 0.25) is 0 Å². The Morgan fingerprint density at radius 1 is 1.10 bits per heavy atom. The second-order valence-corrected chi connectivity index (χ2v) is 7.73. The molecule has 0 N–H and O–H groups in total. The lowest BCUT2D eigenvalue weighted by molar-refractivity contribution is -0.140. The van der Waals surface area contributed by atoms with Gasteiger partial charge in [0.1, 0.15) is 11.5 Å². The summed E-state index contributed by atoms with van der Waals surface area (Å²) in [6.07, 6.45) is 2.71. The number of nitrogens with zero attached hydrogens (tertiary/aromatic N) is 3. The smallest absolute Gasteiger partial charge is 0.282 e. The van der Waals surface area contributed by atoms with Gasteiger partial charge in [-0.15, -0.1) is 0 Å². The summed E-state index contributed by atoms with van der Waals surface area (Å²) in [4.78, 5) is 44.3. The van der Waals surface area contributed by atoms with Crippen molar-refractivity contribution in [3.05, 3.63) is 71.7 Å². The molecule has 8 heteroatoms. The summed E-state index contributed by atoms with van der Waals surface area (Å²) in [5.41, 5.74) is 1.49. The van der Waals surface area contributed by atoms with Crippen LogP contribution in [0.4, 0.5) is 10.1 Å². The van der Waals surface area contributed by atoms with Crippen molar-refractivity contribution in [3.63, 3.8) is 0 Å². The van der Waals surface area contributed by atoms with E-state index in [1.54, 1.807) is 6.08 Å². The van der Waals surface area contributed by atoms with Crippen molar-refractivity contribution < 1.29 is 18.8 Å². The van der Waals surface area contributed by atoms with E-state index in [1.165, 1.54) is 34.1 Å². The van der Waals surface area contributed by atoms with Crippen molar-refractivity contribution in [1.29, 1.82) is 0 Å². The largest absolute Gasteiger partial charge is 0.283 e. The van der Waals surface area contributed by atoms with E-state index in [-0.39, 0.29) is 29.2 Å². The van der Waals surface area contributed by atoms with Gasteiger partial charge in [-0.2, -0.15) is 0 Å². The Morgan fingerprint density at radius 2 is 1.83 bits per heavy atom. The lowest BCUT2D eigenvalue weighted by atomic mass is 10.2. The van der Waals surface area contributed by atoms with Gasteiger partial charge in [0.2, 0.25) is 11.8 Å². The van der Waals surface area contributed by atoms with E-state index in [4.69, 9.17) is 0 Å². The Hall–Kier alpha value is -3.26. The molecule has 0 atom stereocenters. The molecular weight excluding hydrogens is 405 g/mol. The van der Waals surface area contributed by atoms with Crippen LogP contribution in [-0.4, -0.2) is 40.1 Å². The highest BCUT2D eigenvalue weighted by Gasteiger charge is 2.33. The van der Waals surface area contributed by atoms with Crippen molar-refractivity contribution in [2.75, 3.05) is 17.2 Å². The van der Waals surface area contributed by atoms with Crippen molar-refractivity contribution >= 4 is 46.4 Å². The lowest BCUT2D eigenvalue weighted by Crippen LogP contribution is -2.35. The number of carbonyl (C=O) groups excluding carboxylic acids is 3. The molecule has 0 spiro atoms. The maximum atomic E-state index is 13.4. The number of benzene rings is 2. The summed E-state index contributed by atoms with van der Waals surface area (Å²) in [5, 5.41) is 0.314. The summed E-state index contributed by atoms with van der Waals surface area (Å²) in [6, 6.07) is 14.8. The first-order valence-corrected chi connectivity index (χ1v) is 10.4. The number of aliphatic imine (C=N–C) groups is 1. The quantitative estimate of drug-likeness (QED) is 0.707. The van der Waals surface area contributed by atoms with E-state index in [0.717, 1.165) is 17.3 Å². The number of rotatable bonds is 4. The zero-order valence-corrected chi connectivity index (χ0v) is 16.8. The average Bonchev–Trinajstić information content (AvgIpc) is 3.31. The maximum Gasteiger partial charge on any atom is 0.283 e. The number of carbonyl (C=O) groups is 3.